The number of halogens is 1. The van der Waals surface area contributed by atoms with Crippen molar-refractivity contribution < 1.29 is 14.3 Å². The lowest BCUT2D eigenvalue weighted by Gasteiger charge is -2.06. The molecule has 1 rings (SSSR count). The summed E-state index contributed by atoms with van der Waals surface area (Å²) in [5, 5.41) is 8.43. The molecule has 0 fully saturated rings. The molecule has 0 saturated heterocycles. The quantitative estimate of drug-likeness (QED) is 0.760. The largest absolute Gasteiger partial charge is 0.479 e. The van der Waals surface area contributed by atoms with Gasteiger partial charge in [0.15, 0.2) is 0 Å². The molecule has 1 unspecified atom stereocenters. The predicted molar refractivity (Wildman–Crippen MR) is 45.2 cm³/mol. The number of aliphatic carboxylic acids is 1. The first-order valence-electron chi connectivity index (χ1n) is 3.82. The highest BCUT2D eigenvalue weighted by Gasteiger charge is 2.20. The number of pyridine rings is 1. The highest BCUT2D eigenvalue weighted by molar-refractivity contribution is 5.74. The van der Waals surface area contributed by atoms with Crippen LogP contribution >= 0.6 is 0 Å². The van der Waals surface area contributed by atoms with E-state index < -0.39 is 12.1 Å². The first-order valence-corrected chi connectivity index (χ1v) is 3.82. The van der Waals surface area contributed by atoms with E-state index in [0.717, 1.165) is 5.69 Å². The molecule has 0 radical (unpaired) electrons. The van der Waals surface area contributed by atoms with Crippen molar-refractivity contribution >= 4 is 5.97 Å². The van der Waals surface area contributed by atoms with Crippen LogP contribution in [-0.2, 0) is 4.79 Å². The van der Waals surface area contributed by atoms with Crippen molar-refractivity contribution in [3.05, 3.63) is 29.1 Å². The van der Waals surface area contributed by atoms with E-state index >= 15 is 0 Å². The number of hydrogen-bond donors (Lipinski definition) is 1. The maximum absolute atomic E-state index is 13.0. The summed E-state index contributed by atoms with van der Waals surface area (Å²) in [6.45, 7) is 3.43. The van der Waals surface area contributed by atoms with E-state index in [1.165, 1.54) is 6.20 Å². The Balaban J connectivity index is 3.08. The van der Waals surface area contributed by atoms with Crippen LogP contribution in [0.1, 0.15) is 23.0 Å². The number of nitrogens with zero attached hydrogens (tertiary/aromatic N) is 1. The summed E-state index contributed by atoms with van der Waals surface area (Å²) >= 11 is 0. The lowest BCUT2D eigenvalue weighted by Crippen LogP contribution is -2.08. The van der Waals surface area contributed by atoms with E-state index in [9.17, 15) is 9.18 Å². The van der Waals surface area contributed by atoms with Crippen molar-refractivity contribution in [3.8, 4) is 0 Å². The molecule has 0 aromatic carbocycles. The molecular formula is C9H10FNO2. The molecule has 3 nitrogen and oxygen atoms in total. The highest BCUT2D eigenvalue weighted by atomic mass is 19.1. The second kappa shape index (κ2) is 3.51. The summed E-state index contributed by atoms with van der Waals surface area (Å²) in [6, 6.07) is 1.66. The van der Waals surface area contributed by atoms with Gasteiger partial charge in [0.25, 0.3) is 0 Å². The first kappa shape index (κ1) is 9.64. The SMILES string of the molecule is Cc1cc(C)c(C(F)C(=O)O)cn1. The molecule has 1 aromatic rings. The number of aryl methyl sites for hydroxylation is 2. The fraction of sp³-hybridized carbons (Fsp3) is 0.333. The number of rotatable bonds is 2. The van der Waals surface area contributed by atoms with Crippen molar-refractivity contribution in [1.29, 1.82) is 0 Å². The van der Waals surface area contributed by atoms with Gasteiger partial charge in [-0.2, -0.15) is 0 Å². The third-order valence-corrected chi connectivity index (χ3v) is 1.78. The Bertz CT molecular complexity index is 338. The van der Waals surface area contributed by atoms with Crippen LogP contribution in [0.2, 0.25) is 0 Å². The summed E-state index contributed by atoms with van der Waals surface area (Å²) in [5.41, 5.74) is 1.49. The Kier molecular flexibility index (Phi) is 2.60. The number of alkyl halides is 1. The molecule has 0 aliphatic carbocycles. The lowest BCUT2D eigenvalue weighted by molar-refractivity contribution is -0.143. The van der Waals surface area contributed by atoms with Gasteiger partial charge in [0.2, 0.25) is 6.17 Å². The summed E-state index contributed by atoms with van der Waals surface area (Å²) in [6.07, 6.45) is -0.711. The van der Waals surface area contributed by atoms with Gasteiger partial charge in [0, 0.05) is 17.5 Å². The Labute approximate surface area is 75.2 Å². The maximum atomic E-state index is 13.0. The topological polar surface area (TPSA) is 50.2 Å². The van der Waals surface area contributed by atoms with Crippen LogP contribution in [0.15, 0.2) is 12.3 Å². The molecule has 70 valence electrons. The normalized spacial score (nSPS) is 12.5. The van der Waals surface area contributed by atoms with Crippen LogP contribution < -0.4 is 0 Å². The molecule has 0 amide bonds. The summed E-state index contributed by atoms with van der Waals surface area (Å²) in [7, 11) is 0. The van der Waals surface area contributed by atoms with Crippen LogP contribution in [0, 0.1) is 13.8 Å². The van der Waals surface area contributed by atoms with Crippen LogP contribution in [-0.4, -0.2) is 16.1 Å². The molecule has 1 aromatic heterocycles. The molecule has 4 heteroatoms. The van der Waals surface area contributed by atoms with Gasteiger partial charge in [-0.3, -0.25) is 4.98 Å². The van der Waals surface area contributed by atoms with Gasteiger partial charge >= 0.3 is 5.97 Å². The first-order chi connectivity index (χ1) is 6.02. The van der Waals surface area contributed by atoms with Gasteiger partial charge in [-0.15, -0.1) is 0 Å². The lowest BCUT2D eigenvalue weighted by atomic mass is 10.1. The minimum Gasteiger partial charge on any atom is -0.479 e. The zero-order chi connectivity index (χ0) is 10.0. The zero-order valence-corrected chi connectivity index (χ0v) is 7.41. The number of carboxylic acid groups (broad SMARTS) is 1. The summed E-state index contributed by atoms with van der Waals surface area (Å²) in [4.78, 5) is 14.2. The zero-order valence-electron chi connectivity index (χ0n) is 7.41. The predicted octanol–water partition coefficient (Wildman–Crippen LogP) is 1.79. The van der Waals surface area contributed by atoms with Gasteiger partial charge in [-0.05, 0) is 25.5 Å². The van der Waals surface area contributed by atoms with Crippen LogP contribution in [0.25, 0.3) is 0 Å². The van der Waals surface area contributed by atoms with E-state index in [-0.39, 0.29) is 5.56 Å². The second-order valence-electron chi connectivity index (χ2n) is 2.88. The van der Waals surface area contributed by atoms with Gasteiger partial charge in [0.05, 0.1) is 0 Å². The Morgan fingerprint density at radius 1 is 1.62 bits per heavy atom. The van der Waals surface area contributed by atoms with E-state index in [1.807, 2.05) is 0 Å². The Morgan fingerprint density at radius 3 is 2.69 bits per heavy atom. The number of carboxylic acids is 1. The van der Waals surface area contributed by atoms with Gasteiger partial charge in [0.1, 0.15) is 0 Å². The fourth-order valence-electron chi connectivity index (χ4n) is 1.11. The number of hydrogen-bond acceptors (Lipinski definition) is 2. The Morgan fingerprint density at radius 2 is 2.23 bits per heavy atom. The minimum atomic E-state index is -1.98. The molecule has 1 N–H and O–H groups in total. The van der Waals surface area contributed by atoms with E-state index in [0.29, 0.717) is 5.56 Å². The average molecular weight is 183 g/mol. The molecular weight excluding hydrogens is 173 g/mol. The number of aromatic nitrogens is 1. The maximum Gasteiger partial charge on any atom is 0.343 e. The third-order valence-electron chi connectivity index (χ3n) is 1.78. The molecule has 0 saturated carbocycles. The fourth-order valence-corrected chi connectivity index (χ4v) is 1.11. The molecule has 0 aliphatic heterocycles. The smallest absolute Gasteiger partial charge is 0.343 e. The molecule has 13 heavy (non-hydrogen) atoms. The van der Waals surface area contributed by atoms with Crippen LogP contribution in [0.3, 0.4) is 0 Å². The summed E-state index contributed by atoms with van der Waals surface area (Å²) < 4.78 is 13.0. The van der Waals surface area contributed by atoms with Crippen molar-refractivity contribution in [2.24, 2.45) is 0 Å². The van der Waals surface area contributed by atoms with E-state index in [2.05, 4.69) is 4.98 Å². The molecule has 1 heterocycles. The van der Waals surface area contributed by atoms with Crippen molar-refractivity contribution in [1.82, 2.24) is 4.98 Å². The average Bonchev–Trinajstić information content (AvgIpc) is 2.03. The molecule has 1 atom stereocenters. The molecule has 0 bridgehead atoms. The van der Waals surface area contributed by atoms with Crippen molar-refractivity contribution in [2.45, 2.75) is 20.0 Å². The van der Waals surface area contributed by atoms with Crippen LogP contribution in [0.5, 0.6) is 0 Å². The third kappa shape index (κ3) is 2.02. The van der Waals surface area contributed by atoms with E-state index in [4.69, 9.17) is 5.11 Å². The highest BCUT2D eigenvalue weighted by Crippen LogP contribution is 2.20. The van der Waals surface area contributed by atoms with E-state index in [1.54, 1.807) is 19.9 Å². The van der Waals surface area contributed by atoms with Gasteiger partial charge in [-0.1, -0.05) is 0 Å². The Hall–Kier alpha value is -1.45. The molecule has 0 aliphatic rings. The standard InChI is InChI=1S/C9H10FNO2/c1-5-3-6(2)11-4-7(5)8(10)9(12)13/h3-4,8H,1-2H3,(H,12,13). The van der Waals surface area contributed by atoms with Crippen LogP contribution in [0.4, 0.5) is 4.39 Å². The number of carbonyl (C=O) groups is 1. The second-order valence-corrected chi connectivity index (χ2v) is 2.88. The van der Waals surface area contributed by atoms with Crippen molar-refractivity contribution in [3.63, 3.8) is 0 Å². The molecule has 0 spiro atoms. The van der Waals surface area contributed by atoms with Crippen molar-refractivity contribution in [2.75, 3.05) is 0 Å². The van der Waals surface area contributed by atoms with Gasteiger partial charge in [-0.25, -0.2) is 9.18 Å². The monoisotopic (exact) mass is 183 g/mol. The van der Waals surface area contributed by atoms with Gasteiger partial charge < -0.3 is 5.11 Å². The summed E-state index contributed by atoms with van der Waals surface area (Å²) in [5.74, 6) is -1.48. The minimum absolute atomic E-state index is 0.123.